The Hall–Kier alpha value is -2.20. The molecule has 1 amide bonds. The molecule has 0 spiro atoms. The molecule has 3 nitrogen and oxygen atoms in total. The fraction of sp³-hybridized carbons (Fsp3) is 0.409. The minimum absolute atomic E-state index is 0.0377. The lowest BCUT2D eigenvalue weighted by molar-refractivity contribution is 0.0677. The highest BCUT2D eigenvalue weighted by atomic mass is 19.1. The maximum atomic E-state index is 13.7. The van der Waals surface area contributed by atoms with E-state index in [0.29, 0.717) is 6.54 Å². The van der Waals surface area contributed by atoms with E-state index in [1.807, 2.05) is 36.1 Å². The number of hydrogen-bond acceptors (Lipinski definition) is 2. The van der Waals surface area contributed by atoms with Crippen molar-refractivity contribution < 1.29 is 9.18 Å². The van der Waals surface area contributed by atoms with Gasteiger partial charge in [-0.3, -0.25) is 9.69 Å². The number of carbonyl (C=O) groups is 1. The first kappa shape index (κ1) is 17.2. The van der Waals surface area contributed by atoms with Crippen molar-refractivity contribution in [1.82, 2.24) is 9.80 Å². The van der Waals surface area contributed by atoms with Crippen molar-refractivity contribution in [3.63, 3.8) is 0 Å². The third-order valence-corrected chi connectivity index (χ3v) is 5.69. The smallest absolute Gasteiger partial charge is 0.254 e. The fourth-order valence-corrected chi connectivity index (χ4v) is 4.23. The number of amides is 1. The normalized spacial score (nSPS) is 20.2. The maximum Gasteiger partial charge on any atom is 0.254 e. The van der Waals surface area contributed by atoms with Gasteiger partial charge < -0.3 is 4.90 Å². The molecule has 1 atom stereocenters. The van der Waals surface area contributed by atoms with Crippen LogP contribution in [-0.4, -0.2) is 35.3 Å². The second kappa shape index (κ2) is 7.20. The average Bonchev–Trinajstić information content (AvgIpc) is 3.15. The highest BCUT2D eigenvalue weighted by Gasteiger charge is 2.28. The van der Waals surface area contributed by atoms with E-state index in [9.17, 15) is 9.18 Å². The first-order valence-corrected chi connectivity index (χ1v) is 9.52. The molecular weight excluding hydrogens is 327 g/mol. The van der Waals surface area contributed by atoms with Gasteiger partial charge in [0.2, 0.25) is 0 Å². The van der Waals surface area contributed by atoms with Gasteiger partial charge >= 0.3 is 0 Å². The van der Waals surface area contributed by atoms with Gasteiger partial charge in [-0.1, -0.05) is 18.2 Å². The quantitative estimate of drug-likeness (QED) is 0.827. The zero-order chi connectivity index (χ0) is 18.1. The zero-order valence-corrected chi connectivity index (χ0v) is 15.2. The molecule has 2 aliphatic heterocycles. The number of benzene rings is 2. The van der Waals surface area contributed by atoms with Gasteiger partial charge in [-0.05, 0) is 80.2 Å². The lowest BCUT2D eigenvalue weighted by Gasteiger charge is -2.35. The van der Waals surface area contributed by atoms with Crippen molar-refractivity contribution in [3.05, 3.63) is 70.5 Å². The summed E-state index contributed by atoms with van der Waals surface area (Å²) in [6.07, 6.45) is 3.30. The highest BCUT2D eigenvalue weighted by Crippen LogP contribution is 2.31. The van der Waals surface area contributed by atoms with Crippen LogP contribution in [0, 0.1) is 5.82 Å². The maximum absolute atomic E-state index is 13.7. The van der Waals surface area contributed by atoms with E-state index in [-0.39, 0.29) is 17.8 Å². The van der Waals surface area contributed by atoms with Crippen LogP contribution in [0.15, 0.2) is 42.5 Å². The van der Waals surface area contributed by atoms with Gasteiger partial charge in [0, 0.05) is 18.7 Å². The van der Waals surface area contributed by atoms with E-state index < -0.39 is 0 Å². The van der Waals surface area contributed by atoms with Gasteiger partial charge in [-0.25, -0.2) is 4.39 Å². The van der Waals surface area contributed by atoms with Gasteiger partial charge in [0.05, 0.1) is 6.04 Å². The molecule has 2 aromatic carbocycles. The number of likely N-dealkylation sites (tertiary alicyclic amines) is 1. The van der Waals surface area contributed by atoms with Gasteiger partial charge in [-0.2, -0.15) is 0 Å². The molecule has 1 fully saturated rings. The third-order valence-electron chi connectivity index (χ3n) is 5.69. The van der Waals surface area contributed by atoms with Crippen molar-refractivity contribution in [3.8, 4) is 0 Å². The predicted molar refractivity (Wildman–Crippen MR) is 101 cm³/mol. The molecule has 1 unspecified atom stereocenters. The largest absolute Gasteiger partial charge is 0.332 e. The molecular formula is C22H25FN2O. The van der Waals surface area contributed by atoms with Crippen LogP contribution in [0.3, 0.4) is 0 Å². The number of rotatable bonds is 3. The lowest BCUT2D eigenvalue weighted by atomic mass is 9.92. The molecule has 0 bridgehead atoms. The van der Waals surface area contributed by atoms with Crippen LogP contribution >= 0.6 is 0 Å². The SMILES string of the molecule is CC1c2cc(F)ccc2CCN1C(=O)c1cccc(CN2CCCC2)c1. The van der Waals surface area contributed by atoms with Crippen LogP contribution in [-0.2, 0) is 13.0 Å². The Morgan fingerprint density at radius 3 is 2.73 bits per heavy atom. The topological polar surface area (TPSA) is 23.6 Å². The molecule has 2 heterocycles. The molecule has 26 heavy (non-hydrogen) atoms. The minimum atomic E-state index is -0.238. The zero-order valence-electron chi connectivity index (χ0n) is 15.2. The number of nitrogens with zero attached hydrogens (tertiary/aromatic N) is 2. The van der Waals surface area contributed by atoms with Crippen LogP contribution in [0.2, 0.25) is 0 Å². The van der Waals surface area contributed by atoms with Crippen LogP contribution < -0.4 is 0 Å². The van der Waals surface area contributed by atoms with E-state index in [0.717, 1.165) is 42.7 Å². The minimum Gasteiger partial charge on any atom is -0.332 e. The van der Waals surface area contributed by atoms with Crippen molar-refractivity contribution >= 4 is 5.91 Å². The van der Waals surface area contributed by atoms with E-state index in [2.05, 4.69) is 11.0 Å². The van der Waals surface area contributed by atoms with Crippen LogP contribution in [0.1, 0.15) is 52.9 Å². The number of halogens is 1. The molecule has 4 rings (SSSR count). The molecule has 136 valence electrons. The first-order valence-electron chi connectivity index (χ1n) is 9.52. The molecule has 0 aromatic heterocycles. The summed E-state index contributed by atoms with van der Waals surface area (Å²) in [5.74, 6) is -0.201. The molecule has 0 N–H and O–H groups in total. The second-order valence-electron chi connectivity index (χ2n) is 7.45. The van der Waals surface area contributed by atoms with E-state index in [1.54, 1.807) is 6.07 Å². The molecule has 2 aliphatic rings. The first-order chi connectivity index (χ1) is 12.6. The summed E-state index contributed by atoms with van der Waals surface area (Å²) in [7, 11) is 0. The molecule has 4 heteroatoms. The average molecular weight is 352 g/mol. The molecule has 2 aromatic rings. The van der Waals surface area contributed by atoms with Crippen LogP contribution in [0.5, 0.6) is 0 Å². The van der Waals surface area contributed by atoms with Crippen molar-refractivity contribution in [1.29, 1.82) is 0 Å². The van der Waals surface area contributed by atoms with Crippen LogP contribution in [0.4, 0.5) is 4.39 Å². The Morgan fingerprint density at radius 2 is 1.92 bits per heavy atom. The van der Waals surface area contributed by atoms with Gasteiger partial charge in [0.1, 0.15) is 5.82 Å². The van der Waals surface area contributed by atoms with E-state index in [4.69, 9.17) is 0 Å². The van der Waals surface area contributed by atoms with Gasteiger partial charge in [-0.15, -0.1) is 0 Å². The summed E-state index contributed by atoms with van der Waals surface area (Å²) < 4.78 is 13.7. The standard InChI is InChI=1S/C22H25FN2O/c1-16-21-14-20(23)8-7-18(21)9-12-25(16)22(26)19-6-4-5-17(13-19)15-24-10-2-3-11-24/h4-8,13-14,16H,2-3,9-12,15H2,1H3. The monoisotopic (exact) mass is 352 g/mol. The summed E-state index contributed by atoms with van der Waals surface area (Å²) in [6.45, 7) is 5.86. The van der Waals surface area contributed by atoms with Crippen molar-refractivity contribution in [2.75, 3.05) is 19.6 Å². The molecule has 0 aliphatic carbocycles. The number of carbonyl (C=O) groups excluding carboxylic acids is 1. The van der Waals surface area contributed by atoms with Crippen LogP contribution in [0.25, 0.3) is 0 Å². The Balaban J connectivity index is 1.54. The fourth-order valence-electron chi connectivity index (χ4n) is 4.23. The number of fused-ring (bicyclic) bond motifs is 1. The summed E-state index contributed by atoms with van der Waals surface area (Å²) >= 11 is 0. The third kappa shape index (κ3) is 3.38. The van der Waals surface area contributed by atoms with Gasteiger partial charge in [0.15, 0.2) is 0 Å². The Bertz CT molecular complexity index is 814. The van der Waals surface area contributed by atoms with E-state index in [1.165, 1.54) is 24.5 Å². The summed E-state index contributed by atoms with van der Waals surface area (Å²) in [6, 6.07) is 12.8. The van der Waals surface area contributed by atoms with Crippen molar-refractivity contribution in [2.45, 2.75) is 38.8 Å². The van der Waals surface area contributed by atoms with Crippen molar-refractivity contribution in [2.24, 2.45) is 0 Å². The Morgan fingerprint density at radius 1 is 1.12 bits per heavy atom. The van der Waals surface area contributed by atoms with Gasteiger partial charge in [0.25, 0.3) is 5.91 Å². The summed E-state index contributed by atoms with van der Waals surface area (Å²) in [5.41, 5.74) is 3.99. The Labute approximate surface area is 154 Å². The molecule has 0 saturated carbocycles. The van der Waals surface area contributed by atoms with E-state index >= 15 is 0 Å². The second-order valence-corrected chi connectivity index (χ2v) is 7.45. The number of hydrogen-bond donors (Lipinski definition) is 0. The summed E-state index contributed by atoms with van der Waals surface area (Å²) in [5, 5.41) is 0. The molecule has 0 radical (unpaired) electrons. The predicted octanol–water partition coefficient (Wildman–Crippen LogP) is 4.18. The molecule has 1 saturated heterocycles. The lowest BCUT2D eigenvalue weighted by Crippen LogP contribution is -2.39. The Kier molecular flexibility index (Phi) is 4.77. The highest BCUT2D eigenvalue weighted by molar-refractivity contribution is 5.94. The summed E-state index contributed by atoms with van der Waals surface area (Å²) in [4.78, 5) is 17.4.